The molecule has 4 aromatic carbocycles. The number of nitrogens with one attached hydrogen (secondary N) is 1. The van der Waals surface area contributed by atoms with Gasteiger partial charge in [-0.15, -0.1) is 0 Å². The van der Waals surface area contributed by atoms with Crippen molar-refractivity contribution in [3.63, 3.8) is 0 Å². The van der Waals surface area contributed by atoms with E-state index < -0.39 is 5.97 Å². The number of carboxylic acid groups (broad SMARTS) is 1. The summed E-state index contributed by atoms with van der Waals surface area (Å²) in [5.41, 5.74) is 4.22. The summed E-state index contributed by atoms with van der Waals surface area (Å²) >= 11 is 0. The quantitative estimate of drug-likeness (QED) is 0.289. The van der Waals surface area contributed by atoms with Crippen LogP contribution in [0.25, 0.3) is 38.2 Å². The van der Waals surface area contributed by atoms with Gasteiger partial charge in [0.25, 0.3) is 0 Å². The van der Waals surface area contributed by atoms with Gasteiger partial charge in [0, 0.05) is 33.4 Å². The standard InChI is InChI=1S/C29H21N5O2/c1-18(29(35)36)20-11-12-25-24(13-20)28(31-17-30-25)32-26-14-21-16-34(15-19-7-3-2-4-8-19)33-27(21)23-10-6-5-9-22(23)26/h2-14,16-17H,1,15H2,(H,35,36)(H,30,31,32). The zero-order valence-corrected chi connectivity index (χ0v) is 19.2. The highest BCUT2D eigenvalue weighted by Crippen LogP contribution is 2.34. The molecule has 174 valence electrons. The van der Waals surface area contributed by atoms with Crippen LogP contribution in [0.2, 0.25) is 0 Å². The summed E-state index contributed by atoms with van der Waals surface area (Å²) in [5.74, 6) is -0.481. The third-order valence-corrected chi connectivity index (χ3v) is 6.24. The van der Waals surface area contributed by atoms with Crippen molar-refractivity contribution in [2.75, 3.05) is 5.32 Å². The lowest BCUT2D eigenvalue weighted by molar-refractivity contribution is -0.130. The third kappa shape index (κ3) is 3.82. The van der Waals surface area contributed by atoms with Crippen molar-refractivity contribution in [1.29, 1.82) is 0 Å². The smallest absolute Gasteiger partial charge is 0.335 e. The number of benzene rings is 4. The van der Waals surface area contributed by atoms with Crippen molar-refractivity contribution < 1.29 is 9.90 Å². The van der Waals surface area contributed by atoms with Crippen molar-refractivity contribution in [3.05, 3.63) is 109 Å². The van der Waals surface area contributed by atoms with E-state index in [4.69, 9.17) is 5.10 Å². The molecule has 36 heavy (non-hydrogen) atoms. The molecule has 6 rings (SSSR count). The maximum Gasteiger partial charge on any atom is 0.335 e. The van der Waals surface area contributed by atoms with E-state index in [9.17, 15) is 9.90 Å². The number of hydrogen-bond acceptors (Lipinski definition) is 5. The Labute approximate surface area is 206 Å². The molecule has 0 radical (unpaired) electrons. The van der Waals surface area contributed by atoms with Crippen molar-refractivity contribution in [3.8, 4) is 0 Å². The molecular weight excluding hydrogens is 450 g/mol. The predicted octanol–water partition coefficient (Wildman–Crippen LogP) is 6.02. The molecule has 2 aromatic heterocycles. The Morgan fingerprint density at radius 1 is 0.917 bits per heavy atom. The first-order valence-corrected chi connectivity index (χ1v) is 11.4. The zero-order chi connectivity index (χ0) is 24.6. The van der Waals surface area contributed by atoms with Crippen molar-refractivity contribution in [2.24, 2.45) is 0 Å². The Hall–Kier alpha value is -5.04. The summed E-state index contributed by atoms with van der Waals surface area (Å²) in [7, 11) is 0. The van der Waals surface area contributed by atoms with E-state index in [2.05, 4.69) is 52.2 Å². The van der Waals surface area contributed by atoms with Crippen LogP contribution in [0.1, 0.15) is 11.1 Å². The summed E-state index contributed by atoms with van der Waals surface area (Å²) in [6, 6.07) is 25.7. The van der Waals surface area contributed by atoms with E-state index in [0.29, 0.717) is 28.8 Å². The van der Waals surface area contributed by atoms with Gasteiger partial charge in [-0.1, -0.05) is 67.2 Å². The predicted molar refractivity (Wildman–Crippen MR) is 142 cm³/mol. The summed E-state index contributed by atoms with van der Waals surface area (Å²) in [4.78, 5) is 20.3. The topological polar surface area (TPSA) is 92.9 Å². The third-order valence-electron chi connectivity index (χ3n) is 6.24. The second-order valence-electron chi connectivity index (χ2n) is 8.58. The van der Waals surface area contributed by atoms with E-state index in [-0.39, 0.29) is 5.57 Å². The summed E-state index contributed by atoms with van der Waals surface area (Å²) in [6.07, 6.45) is 3.54. The monoisotopic (exact) mass is 471 g/mol. The molecule has 0 bridgehead atoms. The highest BCUT2D eigenvalue weighted by Gasteiger charge is 2.14. The molecule has 0 aliphatic heterocycles. The fourth-order valence-electron chi connectivity index (χ4n) is 4.46. The zero-order valence-electron chi connectivity index (χ0n) is 19.2. The summed E-state index contributed by atoms with van der Waals surface area (Å²) in [6.45, 7) is 4.36. The number of anilines is 2. The van der Waals surface area contributed by atoms with E-state index in [1.807, 2.05) is 41.2 Å². The van der Waals surface area contributed by atoms with E-state index >= 15 is 0 Å². The lowest BCUT2D eigenvalue weighted by Gasteiger charge is -2.12. The molecule has 2 heterocycles. The van der Waals surface area contributed by atoms with Crippen LogP contribution in [0.5, 0.6) is 0 Å². The number of carboxylic acids is 1. The lowest BCUT2D eigenvalue weighted by Crippen LogP contribution is -2.00. The molecule has 0 spiro atoms. The van der Waals surface area contributed by atoms with Crippen LogP contribution in [-0.2, 0) is 11.3 Å². The summed E-state index contributed by atoms with van der Waals surface area (Å²) in [5, 5.41) is 21.5. The maximum absolute atomic E-state index is 11.4. The number of rotatable bonds is 6. The Kier molecular flexibility index (Phi) is 5.15. The molecule has 6 aromatic rings. The molecule has 0 aliphatic carbocycles. The number of nitrogens with zero attached hydrogens (tertiary/aromatic N) is 4. The van der Waals surface area contributed by atoms with E-state index in [1.165, 1.54) is 11.9 Å². The molecule has 0 saturated carbocycles. The first kappa shape index (κ1) is 21.5. The number of carbonyl (C=O) groups is 1. The first-order chi connectivity index (χ1) is 17.6. The minimum absolute atomic E-state index is 0.0180. The van der Waals surface area contributed by atoms with Crippen LogP contribution in [0.4, 0.5) is 11.5 Å². The van der Waals surface area contributed by atoms with Gasteiger partial charge in [0.2, 0.25) is 0 Å². The van der Waals surface area contributed by atoms with Gasteiger partial charge >= 0.3 is 5.97 Å². The van der Waals surface area contributed by atoms with Gasteiger partial charge in [0.1, 0.15) is 17.7 Å². The van der Waals surface area contributed by atoms with E-state index in [0.717, 1.165) is 27.4 Å². The Morgan fingerprint density at radius 2 is 1.69 bits per heavy atom. The Bertz CT molecular complexity index is 1790. The molecule has 7 nitrogen and oxygen atoms in total. The van der Waals surface area contributed by atoms with Crippen molar-refractivity contribution >= 4 is 55.6 Å². The molecule has 2 N–H and O–H groups in total. The molecule has 0 amide bonds. The average molecular weight is 472 g/mol. The Morgan fingerprint density at radius 3 is 2.50 bits per heavy atom. The second kappa shape index (κ2) is 8.63. The minimum atomic E-state index is -1.07. The molecule has 0 fully saturated rings. The fourth-order valence-corrected chi connectivity index (χ4v) is 4.46. The average Bonchev–Trinajstić information content (AvgIpc) is 3.31. The SMILES string of the molecule is C=C(C(=O)O)c1ccc2ncnc(Nc3cc4cn(Cc5ccccc5)nc4c4ccccc34)c2c1. The molecule has 7 heteroatoms. The normalized spacial score (nSPS) is 11.2. The molecule has 0 atom stereocenters. The van der Waals surface area contributed by atoms with Crippen LogP contribution in [-0.4, -0.2) is 30.8 Å². The molecule has 0 unspecified atom stereocenters. The lowest BCUT2D eigenvalue weighted by atomic mass is 10.0. The van der Waals surface area contributed by atoms with Gasteiger partial charge in [-0.3, -0.25) is 4.68 Å². The minimum Gasteiger partial charge on any atom is -0.478 e. The summed E-state index contributed by atoms with van der Waals surface area (Å²) < 4.78 is 1.96. The van der Waals surface area contributed by atoms with Crippen LogP contribution in [0.15, 0.2) is 98.0 Å². The van der Waals surface area contributed by atoms with Gasteiger partial charge in [0.15, 0.2) is 0 Å². The number of aromatic nitrogens is 4. The fraction of sp³-hybridized carbons (Fsp3) is 0.0345. The van der Waals surface area contributed by atoms with Gasteiger partial charge in [0.05, 0.1) is 17.6 Å². The number of hydrogen-bond donors (Lipinski definition) is 2. The Balaban J connectivity index is 1.46. The first-order valence-electron chi connectivity index (χ1n) is 11.4. The molecule has 0 aliphatic rings. The highest BCUT2D eigenvalue weighted by molar-refractivity contribution is 6.16. The van der Waals surface area contributed by atoms with Crippen LogP contribution in [0, 0.1) is 0 Å². The van der Waals surface area contributed by atoms with Gasteiger partial charge in [-0.05, 0) is 29.3 Å². The van der Waals surface area contributed by atoms with Crippen LogP contribution < -0.4 is 5.32 Å². The van der Waals surface area contributed by atoms with Gasteiger partial charge in [-0.2, -0.15) is 5.10 Å². The van der Waals surface area contributed by atoms with Crippen LogP contribution in [0.3, 0.4) is 0 Å². The van der Waals surface area contributed by atoms with E-state index in [1.54, 1.807) is 18.2 Å². The second-order valence-corrected chi connectivity index (χ2v) is 8.58. The molecule has 0 saturated heterocycles. The van der Waals surface area contributed by atoms with Crippen molar-refractivity contribution in [2.45, 2.75) is 6.54 Å². The largest absolute Gasteiger partial charge is 0.478 e. The molecular formula is C29H21N5O2. The van der Waals surface area contributed by atoms with Gasteiger partial charge in [-0.25, -0.2) is 14.8 Å². The van der Waals surface area contributed by atoms with Crippen LogP contribution >= 0.6 is 0 Å². The highest BCUT2D eigenvalue weighted by atomic mass is 16.4. The number of aliphatic carboxylic acids is 1. The number of fused-ring (bicyclic) bond motifs is 4. The van der Waals surface area contributed by atoms with Gasteiger partial charge < -0.3 is 10.4 Å². The van der Waals surface area contributed by atoms with Crippen molar-refractivity contribution in [1.82, 2.24) is 19.7 Å². The maximum atomic E-state index is 11.4.